The van der Waals surface area contributed by atoms with Crippen LogP contribution in [0.15, 0.2) is 59.8 Å². The molecule has 0 saturated heterocycles. The lowest BCUT2D eigenvalue weighted by atomic mass is 10.2. The van der Waals surface area contributed by atoms with Gasteiger partial charge in [0, 0.05) is 47.4 Å². The van der Waals surface area contributed by atoms with Crippen molar-refractivity contribution in [3.8, 4) is 0 Å². The molecule has 1 aromatic heterocycles. The minimum absolute atomic E-state index is 0.138. The van der Waals surface area contributed by atoms with E-state index in [4.69, 9.17) is 0 Å². The second-order valence-electron chi connectivity index (χ2n) is 5.22. The minimum Gasteiger partial charge on any atom is -0.350 e. The number of hydrogen-bond acceptors (Lipinski definition) is 4. The molecule has 2 aromatic carbocycles. The first kappa shape index (κ1) is 15.4. The normalized spacial score (nSPS) is 11.0. The minimum atomic E-state index is -0.545. The number of rotatable bonds is 4. The number of nitrogens with zero attached hydrogens (tertiary/aromatic N) is 3. The van der Waals surface area contributed by atoms with Crippen LogP contribution in [-0.4, -0.2) is 21.6 Å². The van der Waals surface area contributed by atoms with E-state index >= 15 is 0 Å². The van der Waals surface area contributed by atoms with Crippen molar-refractivity contribution in [2.45, 2.75) is 0 Å². The third-order valence-electron chi connectivity index (χ3n) is 3.62. The summed E-state index contributed by atoms with van der Waals surface area (Å²) in [6.07, 6.45) is 3.46. The fourth-order valence-corrected chi connectivity index (χ4v) is 2.46. The third kappa shape index (κ3) is 3.00. The zero-order valence-electron chi connectivity index (χ0n) is 12.8. The number of carbonyl (C=O) groups excluding carboxylic acids is 1. The maximum Gasteiger partial charge on any atom is 0.271 e. The monoisotopic (exact) mass is 322 g/mol. The Balaban J connectivity index is 1.77. The van der Waals surface area contributed by atoms with Crippen molar-refractivity contribution in [2.24, 2.45) is 12.1 Å². The summed E-state index contributed by atoms with van der Waals surface area (Å²) in [6, 6.07) is 13.3. The van der Waals surface area contributed by atoms with Crippen molar-refractivity contribution in [2.75, 3.05) is 0 Å². The number of non-ortho nitro benzene ring substituents is 1. The largest absolute Gasteiger partial charge is 0.350 e. The van der Waals surface area contributed by atoms with Crippen LogP contribution in [0.3, 0.4) is 0 Å². The number of carbonyl (C=O) groups is 1. The Morgan fingerprint density at radius 3 is 2.83 bits per heavy atom. The number of hydrogen-bond donors (Lipinski definition) is 1. The molecule has 3 rings (SSSR count). The molecule has 0 aliphatic carbocycles. The van der Waals surface area contributed by atoms with Gasteiger partial charge in [-0.3, -0.25) is 14.9 Å². The third-order valence-corrected chi connectivity index (χ3v) is 3.62. The van der Waals surface area contributed by atoms with E-state index in [1.165, 1.54) is 24.3 Å². The van der Waals surface area contributed by atoms with E-state index in [9.17, 15) is 14.9 Å². The van der Waals surface area contributed by atoms with E-state index in [1.807, 2.05) is 42.1 Å². The molecule has 0 unspecified atom stereocenters. The van der Waals surface area contributed by atoms with Crippen LogP contribution in [0.5, 0.6) is 0 Å². The second-order valence-corrected chi connectivity index (χ2v) is 5.22. The number of nitro benzene ring substituents is 1. The fraction of sp³-hybridized carbons (Fsp3) is 0.0588. The van der Waals surface area contributed by atoms with Gasteiger partial charge in [0.2, 0.25) is 0 Å². The number of aryl methyl sites for hydroxylation is 1. The van der Waals surface area contributed by atoms with Crippen LogP contribution < -0.4 is 5.43 Å². The van der Waals surface area contributed by atoms with Gasteiger partial charge in [-0.05, 0) is 12.1 Å². The Labute approximate surface area is 137 Å². The second kappa shape index (κ2) is 6.33. The Hall–Kier alpha value is -3.48. The van der Waals surface area contributed by atoms with Gasteiger partial charge in [0.1, 0.15) is 0 Å². The summed E-state index contributed by atoms with van der Waals surface area (Å²) >= 11 is 0. The first-order chi connectivity index (χ1) is 11.6. The Bertz CT molecular complexity index is 959. The molecule has 0 spiro atoms. The van der Waals surface area contributed by atoms with Gasteiger partial charge in [-0.15, -0.1) is 0 Å². The average molecular weight is 322 g/mol. The van der Waals surface area contributed by atoms with E-state index in [-0.39, 0.29) is 11.3 Å². The molecule has 7 nitrogen and oxygen atoms in total. The number of para-hydroxylation sites is 1. The van der Waals surface area contributed by atoms with Crippen molar-refractivity contribution in [1.82, 2.24) is 9.99 Å². The molecule has 0 saturated carbocycles. The highest BCUT2D eigenvalue weighted by Gasteiger charge is 2.10. The summed E-state index contributed by atoms with van der Waals surface area (Å²) < 4.78 is 1.97. The van der Waals surface area contributed by atoms with Crippen LogP contribution in [-0.2, 0) is 7.05 Å². The predicted octanol–water partition coefficient (Wildman–Crippen LogP) is 2.85. The summed E-state index contributed by atoms with van der Waals surface area (Å²) in [7, 11) is 1.93. The first-order valence-electron chi connectivity index (χ1n) is 7.18. The van der Waals surface area contributed by atoms with Crippen LogP contribution in [0.2, 0.25) is 0 Å². The number of nitro groups is 1. The van der Waals surface area contributed by atoms with E-state index in [0.717, 1.165) is 16.5 Å². The number of fused-ring (bicyclic) bond motifs is 1. The number of aromatic nitrogens is 1. The standard InChI is InChI=1S/C17H14N4O3/c1-20-11-13(15-7-2-3-8-16(15)20)10-18-19-17(22)12-5-4-6-14(9-12)21(23)24/h2-11H,1H3,(H,19,22). The Morgan fingerprint density at radius 1 is 1.25 bits per heavy atom. The van der Waals surface area contributed by atoms with E-state index in [1.54, 1.807) is 6.21 Å². The molecule has 0 bridgehead atoms. The number of nitrogens with one attached hydrogen (secondary N) is 1. The highest BCUT2D eigenvalue weighted by Crippen LogP contribution is 2.18. The molecule has 1 heterocycles. The van der Waals surface area contributed by atoms with Crippen LogP contribution >= 0.6 is 0 Å². The van der Waals surface area contributed by atoms with Gasteiger partial charge in [0.05, 0.1) is 11.1 Å². The number of amides is 1. The SMILES string of the molecule is Cn1cc(C=NNC(=O)c2cccc([N+](=O)[O-])c2)c2ccccc21. The Morgan fingerprint density at radius 2 is 2.04 bits per heavy atom. The molecule has 0 aliphatic heterocycles. The van der Waals surface area contributed by atoms with E-state index < -0.39 is 10.8 Å². The summed E-state index contributed by atoms with van der Waals surface area (Å²) in [5.74, 6) is -0.504. The van der Waals surface area contributed by atoms with Crippen molar-refractivity contribution in [3.05, 3.63) is 76.0 Å². The molecule has 1 N–H and O–H groups in total. The summed E-state index contributed by atoms with van der Waals surface area (Å²) in [5.41, 5.74) is 4.36. The summed E-state index contributed by atoms with van der Waals surface area (Å²) in [6.45, 7) is 0. The number of hydrazone groups is 1. The van der Waals surface area contributed by atoms with Crippen molar-refractivity contribution < 1.29 is 9.72 Å². The topological polar surface area (TPSA) is 89.5 Å². The summed E-state index contributed by atoms with van der Waals surface area (Å²) in [5, 5.41) is 15.7. The molecular formula is C17H14N4O3. The van der Waals surface area contributed by atoms with Gasteiger partial charge in [-0.1, -0.05) is 24.3 Å². The fourth-order valence-electron chi connectivity index (χ4n) is 2.46. The summed E-state index contributed by atoms with van der Waals surface area (Å²) in [4.78, 5) is 22.2. The van der Waals surface area contributed by atoms with Gasteiger partial charge in [0.25, 0.3) is 11.6 Å². The van der Waals surface area contributed by atoms with Crippen LogP contribution in [0, 0.1) is 10.1 Å². The molecule has 120 valence electrons. The van der Waals surface area contributed by atoms with Crippen molar-refractivity contribution in [3.63, 3.8) is 0 Å². The smallest absolute Gasteiger partial charge is 0.271 e. The maximum atomic E-state index is 12.0. The van der Waals surface area contributed by atoms with Crippen LogP contribution in [0.1, 0.15) is 15.9 Å². The van der Waals surface area contributed by atoms with Gasteiger partial charge >= 0.3 is 0 Å². The molecule has 24 heavy (non-hydrogen) atoms. The molecule has 0 aliphatic rings. The van der Waals surface area contributed by atoms with Gasteiger partial charge in [-0.25, -0.2) is 5.43 Å². The van der Waals surface area contributed by atoms with E-state index in [0.29, 0.717) is 0 Å². The van der Waals surface area contributed by atoms with Gasteiger partial charge in [-0.2, -0.15) is 5.10 Å². The molecule has 7 heteroatoms. The van der Waals surface area contributed by atoms with Crippen LogP contribution in [0.25, 0.3) is 10.9 Å². The van der Waals surface area contributed by atoms with Crippen LogP contribution in [0.4, 0.5) is 5.69 Å². The van der Waals surface area contributed by atoms with E-state index in [2.05, 4.69) is 10.5 Å². The zero-order chi connectivity index (χ0) is 17.1. The van der Waals surface area contributed by atoms with Gasteiger partial charge in [0.15, 0.2) is 0 Å². The molecular weight excluding hydrogens is 308 g/mol. The number of benzene rings is 2. The molecule has 1 amide bonds. The maximum absolute atomic E-state index is 12.0. The molecule has 3 aromatic rings. The molecule has 0 fully saturated rings. The Kier molecular flexibility index (Phi) is 4.07. The molecule has 0 radical (unpaired) electrons. The molecule has 0 atom stereocenters. The quantitative estimate of drug-likeness (QED) is 0.455. The highest BCUT2D eigenvalue weighted by molar-refractivity contribution is 6.00. The highest BCUT2D eigenvalue weighted by atomic mass is 16.6. The lowest BCUT2D eigenvalue weighted by molar-refractivity contribution is -0.384. The average Bonchev–Trinajstić information content (AvgIpc) is 2.91. The lowest BCUT2D eigenvalue weighted by Gasteiger charge is -1.99. The first-order valence-corrected chi connectivity index (χ1v) is 7.18. The predicted molar refractivity (Wildman–Crippen MR) is 91.1 cm³/mol. The lowest BCUT2D eigenvalue weighted by Crippen LogP contribution is -2.17. The zero-order valence-corrected chi connectivity index (χ0v) is 12.8. The van der Waals surface area contributed by atoms with Crippen molar-refractivity contribution in [1.29, 1.82) is 0 Å². The van der Waals surface area contributed by atoms with Crippen molar-refractivity contribution >= 4 is 28.7 Å². The van der Waals surface area contributed by atoms with Gasteiger partial charge < -0.3 is 4.57 Å².